The molecule has 0 fully saturated rings. The fraction of sp³-hybridized carbons (Fsp3) is 0.444. The van der Waals surface area contributed by atoms with E-state index in [2.05, 4.69) is 29.1 Å². The van der Waals surface area contributed by atoms with Gasteiger partial charge < -0.3 is 16.0 Å². The van der Waals surface area contributed by atoms with E-state index < -0.39 is 0 Å². The zero-order valence-corrected chi connectivity index (χ0v) is 14.4. The van der Waals surface area contributed by atoms with Crippen molar-refractivity contribution in [2.75, 3.05) is 13.1 Å². The third-order valence-electron chi connectivity index (χ3n) is 3.08. The highest BCUT2D eigenvalue weighted by molar-refractivity contribution is 5.61. The van der Waals surface area contributed by atoms with Crippen LogP contribution in [-0.4, -0.2) is 23.1 Å². The van der Waals surface area contributed by atoms with Crippen LogP contribution >= 0.6 is 0 Å². The summed E-state index contributed by atoms with van der Waals surface area (Å²) in [6, 6.07) is 7.93. The highest BCUT2D eigenvalue weighted by Crippen LogP contribution is 2.15. The average Bonchev–Trinajstić information content (AvgIpc) is 2.53. The minimum absolute atomic E-state index is 0.105. The molecule has 1 aromatic carbocycles. The summed E-state index contributed by atoms with van der Waals surface area (Å²) >= 11 is 0. The van der Waals surface area contributed by atoms with Crippen LogP contribution < -0.4 is 16.6 Å². The standard InChI is InChI=1S/C15H20N4O.C3H8/c1-11-18-10-14(15(20)19-11)13-5-3-12(4-6-13)9-17-8-2-7-16;1-3-2/h3-6,10,17H,2,7-9,16H2,1H3,(H,18,19,20);3H2,1-2H3. The van der Waals surface area contributed by atoms with Gasteiger partial charge in [-0.25, -0.2) is 4.98 Å². The number of benzene rings is 1. The van der Waals surface area contributed by atoms with E-state index in [9.17, 15) is 4.79 Å². The Kier molecular flexibility index (Phi) is 8.87. The second kappa shape index (κ2) is 10.7. The van der Waals surface area contributed by atoms with Crippen molar-refractivity contribution in [3.63, 3.8) is 0 Å². The molecule has 0 saturated carbocycles. The first-order valence-electron chi connectivity index (χ1n) is 8.18. The fourth-order valence-corrected chi connectivity index (χ4v) is 1.95. The highest BCUT2D eigenvalue weighted by atomic mass is 16.1. The second-order valence-corrected chi connectivity index (χ2v) is 5.43. The van der Waals surface area contributed by atoms with E-state index in [0.717, 1.165) is 25.1 Å². The predicted octanol–water partition coefficient (Wildman–Crippen LogP) is 2.60. The van der Waals surface area contributed by atoms with Gasteiger partial charge in [-0.15, -0.1) is 0 Å². The van der Waals surface area contributed by atoms with Crippen molar-refractivity contribution in [2.24, 2.45) is 5.73 Å². The van der Waals surface area contributed by atoms with Crippen molar-refractivity contribution in [3.05, 3.63) is 52.2 Å². The van der Waals surface area contributed by atoms with Gasteiger partial charge in [0.1, 0.15) is 5.82 Å². The van der Waals surface area contributed by atoms with E-state index in [-0.39, 0.29) is 5.56 Å². The van der Waals surface area contributed by atoms with E-state index >= 15 is 0 Å². The molecule has 2 aromatic rings. The first-order chi connectivity index (χ1) is 11.1. The number of aromatic amines is 1. The summed E-state index contributed by atoms with van der Waals surface area (Å²) in [5.41, 5.74) is 7.99. The molecule has 0 radical (unpaired) electrons. The third kappa shape index (κ3) is 6.76. The monoisotopic (exact) mass is 316 g/mol. The molecule has 0 aliphatic carbocycles. The van der Waals surface area contributed by atoms with Crippen LogP contribution in [0.1, 0.15) is 38.1 Å². The van der Waals surface area contributed by atoms with Gasteiger partial charge in [0.05, 0.1) is 5.56 Å². The lowest BCUT2D eigenvalue weighted by Gasteiger charge is -2.06. The molecule has 0 bridgehead atoms. The molecule has 5 nitrogen and oxygen atoms in total. The number of aromatic nitrogens is 2. The summed E-state index contributed by atoms with van der Waals surface area (Å²) in [4.78, 5) is 18.7. The van der Waals surface area contributed by atoms with Crippen LogP contribution in [0.2, 0.25) is 0 Å². The van der Waals surface area contributed by atoms with E-state index in [4.69, 9.17) is 5.73 Å². The molecule has 0 aliphatic heterocycles. The normalized spacial score (nSPS) is 10.1. The van der Waals surface area contributed by atoms with Gasteiger partial charge >= 0.3 is 0 Å². The van der Waals surface area contributed by atoms with Crippen molar-refractivity contribution in [3.8, 4) is 11.1 Å². The fourth-order valence-electron chi connectivity index (χ4n) is 1.95. The summed E-state index contributed by atoms with van der Waals surface area (Å²) in [5.74, 6) is 0.625. The van der Waals surface area contributed by atoms with E-state index in [1.165, 1.54) is 12.0 Å². The molecule has 2 rings (SSSR count). The number of aryl methyl sites for hydroxylation is 1. The molecule has 0 atom stereocenters. The van der Waals surface area contributed by atoms with Gasteiger partial charge in [0.25, 0.3) is 5.56 Å². The zero-order valence-electron chi connectivity index (χ0n) is 14.4. The molecule has 1 heterocycles. The lowest BCUT2D eigenvalue weighted by Crippen LogP contribution is -2.17. The van der Waals surface area contributed by atoms with Gasteiger partial charge in [-0.1, -0.05) is 44.5 Å². The molecule has 0 aliphatic rings. The number of H-pyrrole nitrogens is 1. The number of hydrogen-bond acceptors (Lipinski definition) is 4. The first-order valence-corrected chi connectivity index (χ1v) is 8.18. The Morgan fingerprint density at radius 3 is 2.43 bits per heavy atom. The van der Waals surface area contributed by atoms with Crippen LogP contribution in [0.25, 0.3) is 11.1 Å². The number of hydrogen-bond donors (Lipinski definition) is 3. The maximum atomic E-state index is 11.8. The number of rotatable bonds is 6. The molecule has 5 heteroatoms. The summed E-state index contributed by atoms with van der Waals surface area (Å²) < 4.78 is 0. The van der Waals surface area contributed by atoms with E-state index in [1.807, 2.05) is 24.3 Å². The van der Waals surface area contributed by atoms with Gasteiger partial charge in [-0.05, 0) is 37.6 Å². The highest BCUT2D eigenvalue weighted by Gasteiger charge is 2.04. The maximum absolute atomic E-state index is 11.8. The molecular formula is C18H28N4O. The average molecular weight is 316 g/mol. The minimum Gasteiger partial charge on any atom is -0.330 e. The van der Waals surface area contributed by atoms with E-state index in [0.29, 0.717) is 17.9 Å². The Morgan fingerprint density at radius 1 is 1.22 bits per heavy atom. The molecule has 1 aromatic heterocycles. The minimum atomic E-state index is -0.105. The predicted molar refractivity (Wildman–Crippen MR) is 96.4 cm³/mol. The molecule has 23 heavy (non-hydrogen) atoms. The quantitative estimate of drug-likeness (QED) is 0.715. The van der Waals surface area contributed by atoms with Gasteiger partial charge in [-0.2, -0.15) is 0 Å². The SMILES string of the molecule is CCC.Cc1ncc(-c2ccc(CNCCCN)cc2)c(=O)[nH]1. The summed E-state index contributed by atoms with van der Waals surface area (Å²) in [7, 11) is 0. The molecule has 0 amide bonds. The summed E-state index contributed by atoms with van der Waals surface area (Å²) in [6.45, 7) is 8.44. The largest absolute Gasteiger partial charge is 0.330 e. The van der Waals surface area contributed by atoms with Gasteiger partial charge in [0.2, 0.25) is 0 Å². The van der Waals surface area contributed by atoms with Crippen LogP contribution in [0.4, 0.5) is 0 Å². The number of nitrogens with two attached hydrogens (primary N) is 1. The van der Waals surface area contributed by atoms with Crippen molar-refractivity contribution in [1.82, 2.24) is 15.3 Å². The zero-order chi connectivity index (χ0) is 17.1. The van der Waals surface area contributed by atoms with Gasteiger partial charge in [-0.3, -0.25) is 4.79 Å². The lowest BCUT2D eigenvalue weighted by atomic mass is 10.1. The lowest BCUT2D eigenvalue weighted by molar-refractivity contribution is 0.655. The number of nitrogens with one attached hydrogen (secondary N) is 2. The van der Waals surface area contributed by atoms with Crippen LogP contribution in [-0.2, 0) is 6.54 Å². The third-order valence-corrected chi connectivity index (χ3v) is 3.08. The smallest absolute Gasteiger partial charge is 0.258 e. The Hall–Kier alpha value is -1.98. The molecule has 126 valence electrons. The Balaban J connectivity index is 0.000000816. The van der Waals surface area contributed by atoms with Crippen molar-refractivity contribution < 1.29 is 0 Å². The Bertz CT molecular complexity index is 620. The molecule has 0 unspecified atom stereocenters. The Morgan fingerprint density at radius 2 is 1.87 bits per heavy atom. The van der Waals surface area contributed by atoms with Crippen LogP contribution in [0.15, 0.2) is 35.3 Å². The van der Waals surface area contributed by atoms with E-state index in [1.54, 1.807) is 13.1 Å². The maximum Gasteiger partial charge on any atom is 0.258 e. The molecule has 0 spiro atoms. The summed E-state index contributed by atoms with van der Waals surface area (Å²) in [5, 5.41) is 3.32. The van der Waals surface area contributed by atoms with Crippen LogP contribution in [0.3, 0.4) is 0 Å². The number of nitrogens with zero attached hydrogens (tertiary/aromatic N) is 1. The van der Waals surface area contributed by atoms with Crippen molar-refractivity contribution in [1.29, 1.82) is 0 Å². The second-order valence-electron chi connectivity index (χ2n) is 5.43. The van der Waals surface area contributed by atoms with Crippen LogP contribution in [0.5, 0.6) is 0 Å². The van der Waals surface area contributed by atoms with Crippen LogP contribution in [0, 0.1) is 6.92 Å². The Labute approximate surface area is 138 Å². The van der Waals surface area contributed by atoms with Crippen molar-refractivity contribution >= 4 is 0 Å². The topological polar surface area (TPSA) is 83.8 Å². The summed E-state index contributed by atoms with van der Waals surface area (Å²) in [6.07, 6.45) is 3.84. The van der Waals surface area contributed by atoms with Gasteiger partial charge in [0.15, 0.2) is 0 Å². The van der Waals surface area contributed by atoms with Gasteiger partial charge in [0, 0.05) is 12.7 Å². The van der Waals surface area contributed by atoms with Crippen molar-refractivity contribution in [2.45, 2.75) is 40.2 Å². The molecule has 0 saturated heterocycles. The molecule has 4 N–H and O–H groups in total. The first kappa shape index (κ1) is 19.1. The molecular weight excluding hydrogens is 288 g/mol.